The Morgan fingerprint density at radius 2 is 2.13 bits per heavy atom. The van der Waals surface area contributed by atoms with E-state index in [-0.39, 0.29) is 18.5 Å². The summed E-state index contributed by atoms with van der Waals surface area (Å²) in [6.07, 6.45) is 4.99. The standard InChI is InChI=1S/C14H23N5O3S/c1-17-6-5-13(16-17)15-14(20)10-18-7-11-3-4-12(18)9-19(8-11)23(2,21)22/h5-6,11-12H,3-4,7-10H2,1-2H3,(H,15,16,20). The molecule has 23 heavy (non-hydrogen) atoms. The van der Waals surface area contributed by atoms with Crippen molar-refractivity contribution in [2.75, 3.05) is 37.8 Å². The van der Waals surface area contributed by atoms with Crippen molar-refractivity contribution in [1.29, 1.82) is 0 Å². The molecule has 0 radical (unpaired) electrons. The lowest BCUT2D eigenvalue weighted by molar-refractivity contribution is -0.118. The summed E-state index contributed by atoms with van der Waals surface area (Å²) in [6.45, 7) is 2.08. The molecule has 9 heteroatoms. The van der Waals surface area contributed by atoms with Crippen LogP contribution in [0.1, 0.15) is 12.8 Å². The van der Waals surface area contributed by atoms with E-state index in [1.54, 1.807) is 28.3 Å². The topological polar surface area (TPSA) is 87.5 Å². The lowest BCUT2D eigenvalue weighted by atomic mass is 9.95. The maximum Gasteiger partial charge on any atom is 0.239 e. The number of hydrogen-bond acceptors (Lipinski definition) is 5. The Kier molecular flexibility index (Phi) is 4.43. The molecule has 1 aromatic heterocycles. The molecule has 0 aromatic carbocycles. The molecule has 0 saturated carbocycles. The average Bonchev–Trinajstić information content (AvgIpc) is 2.67. The van der Waals surface area contributed by atoms with Crippen LogP contribution in [-0.4, -0.2) is 71.8 Å². The molecule has 3 aliphatic heterocycles. The minimum absolute atomic E-state index is 0.109. The molecule has 1 N–H and O–H groups in total. The summed E-state index contributed by atoms with van der Waals surface area (Å²) in [6, 6.07) is 1.86. The van der Waals surface area contributed by atoms with Gasteiger partial charge in [0.2, 0.25) is 15.9 Å². The monoisotopic (exact) mass is 341 g/mol. The number of amides is 1. The summed E-state index contributed by atoms with van der Waals surface area (Å²) in [5, 5.41) is 6.92. The van der Waals surface area contributed by atoms with E-state index < -0.39 is 10.0 Å². The van der Waals surface area contributed by atoms with Gasteiger partial charge in [0.15, 0.2) is 5.82 Å². The normalized spacial score (nSPS) is 26.2. The number of piperidine rings is 1. The molecule has 2 unspecified atom stereocenters. The number of fused-ring (bicyclic) bond motifs is 4. The van der Waals surface area contributed by atoms with Crippen LogP contribution >= 0.6 is 0 Å². The molecular weight excluding hydrogens is 318 g/mol. The zero-order chi connectivity index (χ0) is 16.6. The first-order valence-electron chi connectivity index (χ1n) is 7.80. The zero-order valence-electron chi connectivity index (χ0n) is 13.5. The lowest BCUT2D eigenvalue weighted by Gasteiger charge is -2.35. The Morgan fingerprint density at radius 3 is 2.78 bits per heavy atom. The van der Waals surface area contributed by atoms with Crippen LogP contribution in [0.5, 0.6) is 0 Å². The Morgan fingerprint density at radius 1 is 1.35 bits per heavy atom. The molecule has 4 heterocycles. The highest BCUT2D eigenvalue weighted by atomic mass is 32.2. The summed E-state index contributed by atoms with van der Waals surface area (Å²) in [4.78, 5) is 14.3. The number of carbonyl (C=O) groups excluding carboxylic acids is 1. The van der Waals surface area contributed by atoms with Crippen molar-refractivity contribution in [2.45, 2.75) is 18.9 Å². The van der Waals surface area contributed by atoms with Gasteiger partial charge in [0.25, 0.3) is 0 Å². The fourth-order valence-electron chi connectivity index (χ4n) is 3.45. The number of nitrogens with zero attached hydrogens (tertiary/aromatic N) is 4. The quantitative estimate of drug-likeness (QED) is 0.813. The molecule has 0 aliphatic carbocycles. The molecule has 3 fully saturated rings. The number of hydrogen-bond donors (Lipinski definition) is 1. The van der Waals surface area contributed by atoms with E-state index in [9.17, 15) is 13.2 Å². The second kappa shape index (κ2) is 6.21. The predicted molar refractivity (Wildman–Crippen MR) is 86.3 cm³/mol. The van der Waals surface area contributed by atoms with Crippen LogP contribution in [0.3, 0.4) is 0 Å². The van der Waals surface area contributed by atoms with E-state index >= 15 is 0 Å². The van der Waals surface area contributed by atoms with E-state index in [1.807, 2.05) is 0 Å². The third-order valence-corrected chi connectivity index (χ3v) is 5.83. The Balaban J connectivity index is 1.63. The van der Waals surface area contributed by atoms with Crippen molar-refractivity contribution < 1.29 is 13.2 Å². The van der Waals surface area contributed by atoms with Crippen molar-refractivity contribution in [3.63, 3.8) is 0 Å². The van der Waals surface area contributed by atoms with Crippen molar-refractivity contribution in [1.82, 2.24) is 19.0 Å². The Bertz CT molecular complexity index is 686. The van der Waals surface area contributed by atoms with Gasteiger partial charge in [-0.25, -0.2) is 12.7 Å². The first-order valence-corrected chi connectivity index (χ1v) is 9.65. The minimum Gasteiger partial charge on any atom is -0.308 e. The summed E-state index contributed by atoms with van der Waals surface area (Å²) < 4.78 is 26.9. The van der Waals surface area contributed by atoms with Crippen molar-refractivity contribution in [3.05, 3.63) is 12.3 Å². The first kappa shape index (κ1) is 16.4. The fourth-order valence-corrected chi connectivity index (χ4v) is 4.37. The number of anilines is 1. The Hall–Kier alpha value is -1.45. The minimum atomic E-state index is -3.18. The molecule has 4 rings (SSSR count). The molecule has 3 saturated heterocycles. The van der Waals surface area contributed by atoms with E-state index in [0.717, 1.165) is 19.4 Å². The van der Waals surface area contributed by atoms with Gasteiger partial charge < -0.3 is 5.32 Å². The van der Waals surface area contributed by atoms with Gasteiger partial charge in [-0.05, 0) is 18.8 Å². The highest BCUT2D eigenvalue weighted by molar-refractivity contribution is 7.88. The van der Waals surface area contributed by atoms with Crippen LogP contribution in [0.4, 0.5) is 5.82 Å². The molecule has 1 amide bonds. The van der Waals surface area contributed by atoms with E-state index in [0.29, 0.717) is 24.8 Å². The number of aromatic nitrogens is 2. The van der Waals surface area contributed by atoms with Gasteiger partial charge in [-0.15, -0.1) is 0 Å². The Labute approximate surface area is 136 Å². The van der Waals surface area contributed by atoms with Crippen LogP contribution in [-0.2, 0) is 21.9 Å². The number of carbonyl (C=O) groups is 1. The van der Waals surface area contributed by atoms with Crippen LogP contribution in [0.25, 0.3) is 0 Å². The van der Waals surface area contributed by atoms with E-state index in [4.69, 9.17) is 0 Å². The highest BCUT2D eigenvalue weighted by Crippen LogP contribution is 2.28. The average molecular weight is 341 g/mol. The van der Waals surface area contributed by atoms with Gasteiger partial charge in [0.1, 0.15) is 0 Å². The van der Waals surface area contributed by atoms with Crippen molar-refractivity contribution in [2.24, 2.45) is 13.0 Å². The van der Waals surface area contributed by atoms with Gasteiger partial charge in [-0.2, -0.15) is 5.10 Å². The smallest absolute Gasteiger partial charge is 0.239 e. The molecule has 0 spiro atoms. The number of aryl methyl sites for hydroxylation is 1. The third-order valence-electron chi connectivity index (χ3n) is 4.59. The third kappa shape index (κ3) is 3.91. The van der Waals surface area contributed by atoms with Crippen LogP contribution in [0, 0.1) is 5.92 Å². The SMILES string of the molecule is Cn1ccc(NC(=O)CN2CC3CCC2CN(S(C)(=O)=O)C3)n1. The highest BCUT2D eigenvalue weighted by Gasteiger charge is 2.38. The zero-order valence-corrected chi connectivity index (χ0v) is 14.3. The van der Waals surface area contributed by atoms with Gasteiger partial charge in [0.05, 0.1) is 12.8 Å². The maximum absolute atomic E-state index is 12.2. The fraction of sp³-hybridized carbons (Fsp3) is 0.714. The molecule has 2 bridgehead atoms. The molecule has 8 nitrogen and oxygen atoms in total. The van der Waals surface area contributed by atoms with E-state index in [1.165, 1.54) is 6.26 Å². The summed E-state index contributed by atoms with van der Waals surface area (Å²) in [5.74, 6) is 0.725. The van der Waals surface area contributed by atoms with Crippen molar-refractivity contribution in [3.8, 4) is 0 Å². The van der Waals surface area contributed by atoms with Gasteiger partial charge in [-0.1, -0.05) is 0 Å². The molecule has 2 atom stereocenters. The van der Waals surface area contributed by atoms with Gasteiger partial charge in [-0.3, -0.25) is 14.4 Å². The maximum atomic E-state index is 12.2. The van der Waals surface area contributed by atoms with Gasteiger partial charge in [0, 0.05) is 45.0 Å². The number of rotatable bonds is 4. The second-order valence-electron chi connectivity index (χ2n) is 6.53. The number of sulfonamides is 1. The molecule has 3 aliphatic rings. The van der Waals surface area contributed by atoms with Crippen molar-refractivity contribution >= 4 is 21.7 Å². The first-order chi connectivity index (χ1) is 10.8. The summed E-state index contributed by atoms with van der Waals surface area (Å²) in [7, 11) is -1.38. The molecular formula is C14H23N5O3S. The largest absolute Gasteiger partial charge is 0.308 e. The van der Waals surface area contributed by atoms with Crippen LogP contribution in [0.2, 0.25) is 0 Å². The summed E-state index contributed by atoms with van der Waals surface area (Å²) in [5.41, 5.74) is 0. The van der Waals surface area contributed by atoms with Gasteiger partial charge >= 0.3 is 0 Å². The predicted octanol–water partition coefficient (Wildman–Crippen LogP) is -0.286. The van der Waals surface area contributed by atoms with Crippen LogP contribution in [0.15, 0.2) is 12.3 Å². The van der Waals surface area contributed by atoms with Crippen LogP contribution < -0.4 is 5.32 Å². The van der Waals surface area contributed by atoms with E-state index in [2.05, 4.69) is 15.3 Å². The molecule has 1 aromatic rings. The summed E-state index contributed by atoms with van der Waals surface area (Å²) >= 11 is 0. The molecule has 128 valence electrons. The second-order valence-corrected chi connectivity index (χ2v) is 8.51. The lowest BCUT2D eigenvalue weighted by Crippen LogP contribution is -2.47. The number of nitrogens with one attached hydrogen (secondary N) is 1.